The first kappa shape index (κ1) is 31.8. The van der Waals surface area contributed by atoms with Gasteiger partial charge in [-0.3, -0.25) is 19.6 Å². The highest BCUT2D eigenvalue weighted by molar-refractivity contribution is 6.06. The van der Waals surface area contributed by atoms with Crippen LogP contribution in [0.1, 0.15) is 69.4 Å². The summed E-state index contributed by atoms with van der Waals surface area (Å²) in [5, 5.41) is 9.13. The number of amides is 1. The van der Waals surface area contributed by atoms with Crippen molar-refractivity contribution in [1.82, 2.24) is 9.88 Å². The Hall–Kier alpha value is -3.21. The van der Waals surface area contributed by atoms with Crippen LogP contribution in [0.25, 0.3) is 0 Å². The minimum atomic E-state index is -4.64. The van der Waals surface area contributed by atoms with Gasteiger partial charge in [-0.15, -0.1) is 0 Å². The number of aliphatic imine (C=N–C) groups is 1. The van der Waals surface area contributed by atoms with Crippen molar-refractivity contribution < 1.29 is 27.9 Å². The molecule has 1 aromatic rings. The van der Waals surface area contributed by atoms with Crippen molar-refractivity contribution in [3.63, 3.8) is 0 Å². The summed E-state index contributed by atoms with van der Waals surface area (Å²) in [6.07, 6.45) is -0.0201. The van der Waals surface area contributed by atoms with Crippen LogP contribution in [0.3, 0.4) is 0 Å². The maximum absolute atomic E-state index is 13.2. The minimum absolute atomic E-state index is 0.0781. The summed E-state index contributed by atoms with van der Waals surface area (Å²) in [4.78, 5) is 33.0. The summed E-state index contributed by atoms with van der Waals surface area (Å²) in [6, 6.07) is 0.283. The quantitative estimate of drug-likeness (QED) is 0.437. The molecule has 0 saturated carbocycles. The van der Waals surface area contributed by atoms with E-state index < -0.39 is 23.8 Å². The third-order valence-corrected chi connectivity index (χ3v) is 5.75. The first-order chi connectivity index (χ1) is 17.3. The van der Waals surface area contributed by atoms with Gasteiger partial charge in [0.05, 0.1) is 24.8 Å². The first-order valence-electron chi connectivity index (χ1n) is 12.3. The van der Waals surface area contributed by atoms with Crippen LogP contribution in [-0.4, -0.2) is 58.1 Å². The largest absolute Gasteiger partial charge is 0.433 e. The fourth-order valence-corrected chi connectivity index (χ4v) is 3.88. The number of likely N-dealkylation sites (tertiary alicyclic amines) is 1. The Morgan fingerprint density at radius 2 is 2.00 bits per heavy atom. The Morgan fingerprint density at radius 1 is 1.35 bits per heavy atom. The molecule has 1 aliphatic heterocycles. The van der Waals surface area contributed by atoms with Gasteiger partial charge in [0.1, 0.15) is 5.69 Å². The molecule has 1 unspecified atom stereocenters. The zero-order valence-corrected chi connectivity index (χ0v) is 21.9. The second-order valence-corrected chi connectivity index (χ2v) is 8.83. The van der Waals surface area contributed by atoms with E-state index in [-0.39, 0.29) is 36.1 Å². The maximum Gasteiger partial charge on any atom is 0.433 e. The number of carbonyl (C=O) groups is 2. The number of nitrogens with zero attached hydrogens (tertiary/aromatic N) is 3. The van der Waals surface area contributed by atoms with E-state index in [2.05, 4.69) is 16.6 Å². The third-order valence-electron chi connectivity index (χ3n) is 5.75. The van der Waals surface area contributed by atoms with Crippen molar-refractivity contribution >= 4 is 23.1 Å². The van der Waals surface area contributed by atoms with E-state index in [9.17, 15) is 22.8 Å². The number of aliphatic hydroxyl groups is 1. The van der Waals surface area contributed by atoms with E-state index >= 15 is 0 Å². The van der Waals surface area contributed by atoms with E-state index in [1.807, 2.05) is 27.7 Å². The number of aliphatic hydroxyl groups excluding tert-OH is 1. The summed E-state index contributed by atoms with van der Waals surface area (Å²) in [5.74, 6) is -0.277. The first-order valence-corrected chi connectivity index (χ1v) is 12.3. The molecule has 0 aliphatic carbocycles. The van der Waals surface area contributed by atoms with Gasteiger partial charge in [0.2, 0.25) is 0 Å². The number of anilines is 1. The summed E-state index contributed by atoms with van der Waals surface area (Å²) < 4.78 is 38.6. The smallest absolute Gasteiger partial charge is 0.402 e. The maximum atomic E-state index is 13.2. The number of rotatable bonds is 8. The van der Waals surface area contributed by atoms with Crippen LogP contribution in [0.2, 0.25) is 0 Å². The number of hydrogen-bond acceptors (Lipinski definition) is 7. The Balaban J connectivity index is 0.000000856. The highest BCUT2D eigenvalue weighted by Crippen LogP contribution is 2.32. The molecule has 11 heteroatoms. The SMILES string of the molecule is C=CC(=O)C(C)C.CCC/C(N)=C1/C(=NCCO)CCN(C(=O)c2cnc(C(F)(F)F)cc2N)C1CC. The molecule has 37 heavy (non-hydrogen) atoms. The molecule has 0 spiro atoms. The second-order valence-electron chi connectivity index (χ2n) is 8.83. The molecule has 1 amide bonds. The van der Waals surface area contributed by atoms with Crippen molar-refractivity contribution in [1.29, 1.82) is 0 Å². The van der Waals surface area contributed by atoms with Gasteiger partial charge in [0, 0.05) is 47.7 Å². The molecule has 5 N–H and O–H groups in total. The number of piperidine rings is 1. The van der Waals surface area contributed by atoms with Gasteiger partial charge in [-0.25, -0.2) is 0 Å². The molecule has 0 bridgehead atoms. The molecule has 2 rings (SSSR count). The molecule has 1 aromatic heterocycles. The van der Waals surface area contributed by atoms with Crippen LogP contribution >= 0.6 is 0 Å². The fraction of sp³-hybridized carbons (Fsp3) is 0.538. The number of carbonyl (C=O) groups excluding carboxylic acids is 2. The predicted octanol–water partition coefficient (Wildman–Crippen LogP) is 4.15. The lowest BCUT2D eigenvalue weighted by atomic mass is 9.88. The Labute approximate surface area is 216 Å². The monoisotopic (exact) mass is 525 g/mol. The lowest BCUT2D eigenvalue weighted by Gasteiger charge is -2.39. The Bertz CT molecular complexity index is 1020. The highest BCUT2D eigenvalue weighted by atomic mass is 19.4. The molecule has 206 valence electrons. The number of ketones is 1. The topological polar surface area (TPSA) is 135 Å². The van der Waals surface area contributed by atoms with Crippen LogP contribution < -0.4 is 11.5 Å². The van der Waals surface area contributed by atoms with Crippen LogP contribution in [-0.2, 0) is 11.0 Å². The molecule has 1 aliphatic rings. The van der Waals surface area contributed by atoms with Gasteiger partial charge >= 0.3 is 6.18 Å². The number of hydrogen-bond donors (Lipinski definition) is 3. The number of nitrogen functional groups attached to an aromatic ring is 1. The number of allylic oxidation sites excluding steroid dienone is 2. The van der Waals surface area contributed by atoms with E-state index in [1.165, 1.54) is 6.08 Å². The fourth-order valence-electron chi connectivity index (χ4n) is 3.88. The number of aromatic nitrogens is 1. The molecule has 0 aromatic carbocycles. The minimum Gasteiger partial charge on any atom is -0.402 e. The number of halogens is 3. The zero-order chi connectivity index (χ0) is 28.3. The van der Waals surface area contributed by atoms with Crippen molar-refractivity contribution in [2.45, 2.75) is 65.6 Å². The number of nitrogens with two attached hydrogens (primary N) is 2. The summed E-state index contributed by atoms with van der Waals surface area (Å²) in [7, 11) is 0. The van der Waals surface area contributed by atoms with Gasteiger partial charge in [-0.1, -0.05) is 40.7 Å². The van der Waals surface area contributed by atoms with Crippen molar-refractivity contribution in [3.05, 3.63) is 47.4 Å². The van der Waals surface area contributed by atoms with E-state index in [1.54, 1.807) is 4.90 Å². The molecular formula is C26H38F3N5O3. The molecule has 8 nitrogen and oxygen atoms in total. The molecular weight excluding hydrogens is 487 g/mol. The number of alkyl halides is 3. The van der Waals surface area contributed by atoms with Crippen LogP contribution in [0.15, 0.2) is 41.2 Å². The van der Waals surface area contributed by atoms with Crippen molar-refractivity contribution in [2.24, 2.45) is 16.6 Å². The summed E-state index contributed by atoms with van der Waals surface area (Å²) >= 11 is 0. The number of pyridine rings is 1. The van der Waals surface area contributed by atoms with Gasteiger partial charge in [0.15, 0.2) is 5.78 Å². The van der Waals surface area contributed by atoms with Gasteiger partial charge in [-0.05, 0) is 25.0 Å². The second kappa shape index (κ2) is 14.5. The lowest BCUT2D eigenvalue weighted by Crippen LogP contribution is -2.49. The van der Waals surface area contributed by atoms with Gasteiger partial charge < -0.3 is 21.5 Å². The molecule has 1 fully saturated rings. The van der Waals surface area contributed by atoms with Gasteiger partial charge in [-0.2, -0.15) is 13.2 Å². The normalized spacial score (nSPS) is 18.4. The zero-order valence-electron chi connectivity index (χ0n) is 21.9. The predicted molar refractivity (Wildman–Crippen MR) is 139 cm³/mol. The summed E-state index contributed by atoms with van der Waals surface area (Å²) in [6.45, 7) is 11.4. The van der Waals surface area contributed by atoms with Crippen molar-refractivity contribution in [2.75, 3.05) is 25.4 Å². The summed E-state index contributed by atoms with van der Waals surface area (Å²) in [5.41, 5.74) is 12.7. The molecule has 1 saturated heterocycles. The van der Waals surface area contributed by atoms with E-state index in [4.69, 9.17) is 16.6 Å². The van der Waals surface area contributed by atoms with Crippen LogP contribution in [0, 0.1) is 5.92 Å². The van der Waals surface area contributed by atoms with Crippen molar-refractivity contribution in [3.8, 4) is 0 Å². The standard InChI is InChI=1S/C20H28F3N5O2.C6H10O/c1-3-5-13(24)18-15(26-7-9-29)6-8-28(16(18)4-2)19(30)12-11-27-17(10-14(12)25)20(21,22)23;1-4-6(7)5(2)3/h10-11,16,29H,3-9,24H2,1-2H3,(H2,25,27);4-5H,1H2,2-3H3/b18-13+,26-15?;. The average Bonchev–Trinajstić information content (AvgIpc) is 2.85. The third kappa shape index (κ3) is 8.70. The Kier molecular flexibility index (Phi) is 12.5. The van der Waals surface area contributed by atoms with E-state index in [0.717, 1.165) is 23.9 Å². The van der Waals surface area contributed by atoms with Gasteiger partial charge in [0.25, 0.3) is 5.91 Å². The molecule has 1 atom stereocenters. The lowest BCUT2D eigenvalue weighted by molar-refractivity contribution is -0.141. The Morgan fingerprint density at radius 3 is 2.43 bits per heavy atom. The van der Waals surface area contributed by atoms with E-state index in [0.29, 0.717) is 37.6 Å². The van der Waals surface area contributed by atoms with Crippen LogP contribution in [0.5, 0.6) is 0 Å². The average molecular weight is 526 g/mol. The highest BCUT2D eigenvalue weighted by Gasteiger charge is 2.37. The molecule has 0 radical (unpaired) electrons. The molecule has 2 heterocycles. The van der Waals surface area contributed by atoms with Crippen LogP contribution in [0.4, 0.5) is 18.9 Å².